The Hall–Kier alpha value is -0.780. The molecular formula is C14H11Br2F2N. The van der Waals surface area contributed by atoms with Crippen LogP contribution in [0.5, 0.6) is 0 Å². The Morgan fingerprint density at radius 2 is 1.53 bits per heavy atom. The summed E-state index contributed by atoms with van der Waals surface area (Å²) in [5, 5.41) is 0. The van der Waals surface area contributed by atoms with E-state index in [4.69, 9.17) is 5.73 Å². The lowest BCUT2D eigenvalue weighted by atomic mass is 9.98. The lowest BCUT2D eigenvalue weighted by molar-refractivity contribution is 0.577. The zero-order valence-corrected chi connectivity index (χ0v) is 13.2. The molecule has 100 valence electrons. The van der Waals surface area contributed by atoms with E-state index in [2.05, 4.69) is 31.9 Å². The molecule has 2 rings (SSSR count). The second-order valence-corrected chi connectivity index (χ2v) is 6.01. The molecule has 1 nitrogen and oxygen atoms in total. The Bertz CT molecular complexity index is 609. The first-order chi connectivity index (χ1) is 8.88. The summed E-state index contributed by atoms with van der Waals surface area (Å²) in [6.07, 6.45) is 0. The third-order valence-electron chi connectivity index (χ3n) is 2.86. The van der Waals surface area contributed by atoms with E-state index in [1.54, 1.807) is 0 Å². The van der Waals surface area contributed by atoms with Gasteiger partial charge >= 0.3 is 0 Å². The molecule has 0 aromatic heterocycles. The van der Waals surface area contributed by atoms with E-state index in [1.165, 1.54) is 12.1 Å². The Kier molecular flexibility index (Phi) is 4.38. The highest BCUT2D eigenvalue weighted by Crippen LogP contribution is 2.32. The Morgan fingerprint density at radius 3 is 2.11 bits per heavy atom. The first kappa shape index (κ1) is 14.6. The monoisotopic (exact) mass is 389 g/mol. The van der Waals surface area contributed by atoms with Gasteiger partial charge in [0.2, 0.25) is 0 Å². The van der Waals surface area contributed by atoms with Crippen molar-refractivity contribution in [2.45, 2.75) is 13.0 Å². The Labute approximate surface area is 127 Å². The van der Waals surface area contributed by atoms with Gasteiger partial charge in [-0.05, 0) is 47.9 Å². The topological polar surface area (TPSA) is 26.0 Å². The van der Waals surface area contributed by atoms with Crippen molar-refractivity contribution < 1.29 is 8.78 Å². The summed E-state index contributed by atoms with van der Waals surface area (Å²) in [6.45, 7) is 1.95. The minimum Gasteiger partial charge on any atom is -0.320 e. The molecule has 0 aliphatic heterocycles. The zero-order valence-electron chi connectivity index (χ0n) is 10.1. The van der Waals surface area contributed by atoms with E-state index in [0.29, 0.717) is 5.56 Å². The van der Waals surface area contributed by atoms with Crippen LogP contribution in [0.3, 0.4) is 0 Å². The van der Waals surface area contributed by atoms with Crippen molar-refractivity contribution in [2.75, 3.05) is 0 Å². The predicted molar refractivity (Wildman–Crippen MR) is 79.0 cm³/mol. The van der Waals surface area contributed by atoms with Crippen LogP contribution >= 0.6 is 31.9 Å². The molecule has 0 spiro atoms. The van der Waals surface area contributed by atoms with E-state index >= 15 is 0 Å². The Morgan fingerprint density at radius 1 is 0.947 bits per heavy atom. The molecule has 0 saturated carbocycles. The van der Waals surface area contributed by atoms with Crippen LogP contribution in [0, 0.1) is 18.6 Å². The molecule has 5 heteroatoms. The average molecular weight is 391 g/mol. The van der Waals surface area contributed by atoms with Crippen molar-refractivity contribution >= 4 is 31.9 Å². The lowest BCUT2D eigenvalue weighted by Crippen LogP contribution is -2.13. The van der Waals surface area contributed by atoms with E-state index in [1.807, 2.05) is 19.1 Å². The molecule has 1 atom stereocenters. The van der Waals surface area contributed by atoms with Crippen LogP contribution in [-0.2, 0) is 0 Å². The molecule has 0 amide bonds. The molecule has 2 aromatic rings. The number of halogens is 4. The van der Waals surface area contributed by atoms with Crippen molar-refractivity contribution in [1.82, 2.24) is 0 Å². The van der Waals surface area contributed by atoms with Gasteiger partial charge < -0.3 is 5.73 Å². The standard InChI is InChI=1S/C14H11Br2F2N/c1-7-2-13(16)11(6-12(7)15)14(19)8-3-9(17)5-10(18)4-8/h2-6,14H,19H2,1H3. The van der Waals surface area contributed by atoms with E-state index in [0.717, 1.165) is 26.1 Å². The third kappa shape index (κ3) is 3.22. The molecule has 19 heavy (non-hydrogen) atoms. The summed E-state index contributed by atoms with van der Waals surface area (Å²) in [7, 11) is 0. The molecule has 0 fully saturated rings. The van der Waals surface area contributed by atoms with Gasteiger partial charge in [0.15, 0.2) is 0 Å². The van der Waals surface area contributed by atoms with Crippen molar-refractivity contribution in [3.8, 4) is 0 Å². The maximum absolute atomic E-state index is 13.2. The number of rotatable bonds is 2. The molecule has 0 aliphatic carbocycles. The fourth-order valence-corrected chi connectivity index (χ4v) is 2.90. The van der Waals surface area contributed by atoms with Crippen LogP contribution in [0.1, 0.15) is 22.7 Å². The molecular weight excluding hydrogens is 380 g/mol. The fourth-order valence-electron chi connectivity index (χ4n) is 1.83. The second kappa shape index (κ2) is 5.69. The maximum Gasteiger partial charge on any atom is 0.126 e. The molecule has 2 aromatic carbocycles. The van der Waals surface area contributed by atoms with Crippen molar-refractivity contribution in [3.63, 3.8) is 0 Å². The minimum atomic E-state index is -0.632. The normalized spacial score (nSPS) is 12.5. The van der Waals surface area contributed by atoms with Gasteiger partial charge in [-0.1, -0.05) is 31.9 Å². The van der Waals surface area contributed by atoms with E-state index < -0.39 is 17.7 Å². The fraction of sp³-hybridized carbons (Fsp3) is 0.143. The maximum atomic E-state index is 13.2. The smallest absolute Gasteiger partial charge is 0.126 e. The first-order valence-corrected chi connectivity index (χ1v) is 7.14. The minimum absolute atomic E-state index is 0.397. The highest BCUT2D eigenvalue weighted by molar-refractivity contribution is 9.11. The van der Waals surface area contributed by atoms with Gasteiger partial charge in [-0.3, -0.25) is 0 Å². The van der Waals surface area contributed by atoms with Crippen molar-refractivity contribution in [2.24, 2.45) is 5.73 Å². The van der Waals surface area contributed by atoms with Crippen LogP contribution in [0.25, 0.3) is 0 Å². The van der Waals surface area contributed by atoms with Gasteiger partial charge in [0, 0.05) is 15.0 Å². The first-order valence-electron chi connectivity index (χ1n) is 5.55. The average Bonchev–Trinajstić information content (AvgIpc) is 2.31. The Balaban J connectivity index is 2.49. The molecule has 0 saturated heterocycles. The molecule has 0 radical (unpaired) electrons. The number of hydrogen-bond acceptors (Lipinski definition) is 1. The van der Waals surface area contributed by atoms with Crippen LogP contribution in [0.15, 0.2) is 39.3 Å². The summed E-state index contributed by atoms with van der Waals surface area (Å²) >= 11 is 6.85. The summed E-state index contributed by atoms with van der Waals surface area (Å²) in [4.78, 5) is 0. The molecule has 0 aliphatic rings. The number of benzene rings is 2. The summed E-state index contributed by atoms with van der Waals surface area (Å²) < 4.78 is 28.2. The van der Waals surface area contributed by atoms with Gasteiger partial charge in [0.25, 0.3) is 0 Å². The van der Waals surface area contributed by atoms with Gasteiger partial charge in [-0.15, -0.1) is 0 Å². The number of hydrogen-bond donors (Lipinski definition) is 1. The zero-order chi connectivity index (χ0) is 14.2. The van der Waals surface area contributed by atoms with Crippen LogP contribution in [-0.4, -0.2) is 0 Å². The second-order valence-electron chi connectivity index (χ2n) is 4.30. The summed E-state index contributed by atoms with van der Waals surface area (Å²) in [6, 6.07) is 6.48. The predicted octanol–water partition coefficient (Wildman–Crippen LogP) is 4.85. The van der Waals surface area contributed by atoms with Crippen LogP contribution in [0.2, 0.25) is 0 Å². The van der Waals surface area contributed by atoms with Gasteiger partial charge in [0.1, 0.15) is 11.6 Å². The quantitative estimate of drug-likeness (QED) is 0.779. The molecule has 0 heterocycles. The summed E-state index contributed by atoms with van der Waals surface area (Å²) in [5.41, 5.74) is 8.30. The van der Waals surface area contributed by atoms with Crippen LogP contribution in [0.4, 0.5) is 8.78 Å². The van der Waals surface area contributed by atoms with E-state index in [-0.39, 0.29) is 0 Å². The van der Waals surface area contributed by atoms with Gasteiger partial charge in [-0.25, -0.2) is 8.78 Å². The van der Waals surface area contributed by atoms with Crippen LogP contribution < -0.4 is 5.73 Å². The summed E-state index contributed by atoms with van der Waals surface area (Å²) in [5.74, 6) is -1.26. The van der Waals surface area contributed by atoms with E-state index in [9.17, 15) is 8.78 Å². The highest BCUT2D eigenvalue weighted by Gasteiger charge is 2.15. The number of aryl methyl sites for hydroxylation is 1. The number of nitrogens with two attached hydrogens (primary N) is 1. The lowest BCUT2D eigenvalue weighted by Gasteiger charge is -2.16. The SMILES string of the molecule is Cc1cc(Br)c(C(N)c2cc(F)cc(F)c2)cc1Br. The molecule has 2 N–H and O–H groups in total. The van der Waals surface area contributed by atoms with Crippen molar-refractivity contribution in [1.29, 1.82) is 0 Å². The molecule has 0 bridgehead atoms. The largest absolute Gasteiger partial charge is 0.320 e. The highest BCUT2D eigenvalue weighted by atomic mass is 79.9. The third-order valence-corrected chi connectivity index (χ3v) is 4.40. The van der Waals surface area contributed by atoms with Gasteiger partial charge in [-0.2, -0.15) is 0 Å². The van der Waals surface area contributed by atoms with Crippen molar-refractivity contribution in [3.05, 3.63) is 67.6 Å². The van der Waals surface area contributed by atoms with Gasteiger partial charge in [0.05, 0.1) is 6.04 Å². The molecule has 1 unspecified atom stereocenters.